The van der Waals surface area contributed by atoms with Crippen molar-refractivity contribution < 1.29 is 24.2 Å². The molecule has 0 saturated carbocycles. The fourth-order valence-electron chi connectivity index (χ4n) is 2.30. The van der Waals surface area contributed by atoms with Crippen LogP contribution in [0.4, 0.5) is 5.69 Å². The number of ether oxygens (including phenoxy) is 2. The van der Waals surface area contributed by atoms with Gasteiger partial charge in [-0.1, -0.05) is 30.3 Å². The van der Waals surface area contributed by atoms with E-state index in [0.29, 0.717) is 5.69 Å². The minimum atomic E-state index is -0.566. The number of methoxy groups -OCH3 is 2. The first kappa shape index (κ1) is 17.5. The van der Waals surface area contributed by atoms with Crippen LogP contribution in [-0.2, 0) is 9.47 Å². The van der Waals surface area contributed by atoms with Crippen molar-refractivity contribution in [1.82, 2.24) is 0 Å². The maximum atomic E-state index is 11.8. The van der Waals surface area contributed by atoms with Crippen LogP contribution in [0.2, 0.25) is 0 Å². The number of aliphatic hydroxyl groups is 1. The molecule has 2 aromatic carbocycles. The lowest BCUT2D eigenvalue weighted by Crippen LogP contribution is -2.16. The average Bonchev–Trinajstić information content (AvgIpc) is 2.65. The Morgan fingerprint density at radius 2 is 1.54 bits per heavy atom. The zero-order valence-corrected chi connectivity index (χ0v) is 13.5. The lowest BCUT2D eigenvalue weighted by Gasteiger charge is -2.19. The molecule has 2 N–H and O–H groups in total. The Morgan fingerprint density at radius 1 is 1.00 bits per heavy atom. The van der Waals surface area contributed by atoms with E-state index in [1.807, 2.05) is 30.3 Å². The molecule has 1 atom stereocenters. The molecule has 126 valence electrons. The highest BCUT2D eigenvalue weighted by Gasteiger charge is 2.16. The number of carbonyl (C=O) groups excluding carboxylic acids is 2. The molecule has 0 aliphatic carbocycles. The fraction of sp³-hybridized carbons (Fsp3) is 0.222. The highest BCUT2D eigenvalue weighted by molar-refractivity contribution is 5.97. The Balaban J connectivity index is 2.37. The van der Waals surface area contributed by atoms with Gasteiger partial charge in [0.05, 0.1) is 38.0 Å². The summed E-state index contributed by atoms with van der Waals surface area (Å²) in [7, 11) is 2.53. The maximum absolute atomic E-state index is 11.8. The third kappa shape index (κ3) is 4.11. The number of anilines is 1. The number of esters is 2. The molecule has 2 rings (SSSR count). The molecule has 1 unspecified atom stereocenters. The quantitative estimate of drug-likeness (QED) is 0.792. The zero-order chi connectivity index (χ0) is 17.5. The molecule has 2 aromatic rings. The second-order valence-corrected chi connectivity index (χ2v) is 5.07. The molecule has 0 amide bonds. The van der Waals surface area contributed by atoms with Crippen molar-refractivity contribution >= 4 is 17.6 Å². The van der Waals surface area contributed by atoms with E-state index < -0.39 is 11.9 Å². The van der Waals surface area contributed by atoms with Gasteiger partial charge in [-0.3, -0.25) is 0 Å². The van der Waals surface area contributed by atoms with Crippen molar-refractivity contribution in [3.63, 3.8) is 0 Å². The van der Waals surface area contributed by atoms with E-state index in [4.69, 9.17) is 9.47 Å². The van der Waals surface area contributed by atoms with Crippen LogP contribution in [-0.4, -0.2) is 37.9 Å². The van der Waals surface area contributed by atoms with E-state index in [0.717, 1.165) is 5.56 Å². The molecule has 0 heterocycles. The second kappa shape index (κ2) is 8.12. The molecular formula is C18H19NO5. The summed E-state index contributed by atoms with van der Waals surface area (Å²) in [6.07, 6.45) is 0. The largest absolute Gasteiger partial charge is 0.465 e. The lowest BCUT2D eigenvalue weighted by atomic mass is 10.1. The van der Waals surface area contributed by atoms with Crippen LogP contribution < -0.4 is 5.32 Å². The number of rotatable bonds is 6. The summed E-state index contributed by atoms with van der Waals surface area (Å²) in [6.45, 7) is -0.153. The summed E-state index contributed by atoms with van der Waals surface area (Å²) in [5.74, 6) is -1.13. The molecule has 6 nitrogen and oxygen atoms in total. The molecule has 0 aliphatic rings. The highest BCUT2D eigenvalue weighted by atomic mass is 16.5. The monoisotopic (exact) mass is 329 g/mol. The molecule has 0 bridgehead atoms. The van der Waals surface area contributed by atoms with Crippen molar-refractivity contribution in [3.05, 3.63) is 65.2 Å². The van der Waals surface area contributed by atoms with Crippen LogP contribution in [0.1, 0.15) is 32.3 Å². The zero-order valence-electron chi connectivity index (χ0n) is 13.5. The van der Waals surface area contributed by atoms with E-state index in [2.05, 4.69) is 5.32 Å². The van der Waals surface area contributed by atoms with Crippen LogP contribution in [0, 0.1) is 0 Å². The van der Waals surface area contributed by atoms with Gasteiger partial charge < -0.3 is 19.9 Å². The molecule has 0 aromatic heterocycles. The molecule has 0 aliphatic heterocycles. The third-order valence-corrected chi connectivity index (χ3v) is 3.50. The van der Waals surface area contributed by atoms with Gasteiger partial charge in [0.15, 0.2) is 0 Å². The van der Waals surface area contributed by atoms with E-state index >= 15 is 0 Å². The molecular weight excluding hydrogens is 310 g/mol. The van der Waals surface area contributed by atoms with Gasteiger partial charge in [0, 0.05) is 5.69 Å². The van der Waals surface area contributed by atoms with Crippen molar-refractivity contribution in [2.75, 3.05) is 26.1 Å². The standard InChI is InChI=1S/C18H19NO5/c1-23-17(21)13-8-14(18(22)24-2)10-15(9-13)19-16(11-20)12-6-4-3-5-7-12/h3-10,16,19-20H,11H2,1-2H3. The van der Waals surface area contributed by atoms with Gasteiger partial charge in [0.2, 0.25) is 0 Å². The fourth-order valence-corrected chi connectivity index (χ4v) is 2.30. The van der Waals surface area contributed by atoms with Gasteiger partial charge in [-0.25, -0.2) is 9.59 Å². The minimum Gasteiger partial charge on any atom is -0.465 e. The Bertz CT molecular complexity index is 680. The first-order valence-electron chi connectivity index (χ1n) is 7.33. The van der Waals surface area contributed by atoms with Crippen LogP contribution >= 0.6 is 0 Å². The summed E-state index contributed by atoms with van der Waals surface area (Å²) in [5, 5.41) is 12.8. The number of nitrogens with one attached hydrogen (secondary N) is 1. The Labute approximate surface area is 140 Å². The third-order valence-electron chi connectivity index (χ3n) is 3.50. The topological polar surface area (TPSA) is 84.9 Å². The Hall–Kier alpha value is -2.86. The first-order chi connectivity index (χ1) is 11.6. The SMILES string of the molecule is COC(=O)c1cc(NC(CO)c2ccccc2)cc(C(=O)OC)c1. The molecule has 0 radical (unpaired) electrons. The average molecular weight is 329 g/mol. The minimum absolute atomic E-state index is 0.153. The predicted molar refractivity (Wildman–Crippen MR) is 89.0 cm³/mol. The van der Waals surface area contributed by atoms with E-state index in [1.54, 1.807) is 12.1 Å². The van der Waals surface area contributed by atoms with Gasteiger partial charge in [-0.15, -0.1) is 0 Å². The van der Waals surface area contributed by atoms with Gasteiger partial charge >= 0.3 is 11.9 Å². The van der Waals surface area contributed by atoms with Crippen LogP contribution in [0.5, 0.6) is 0 Å². The summed E-state index contributed by atoms with van der Waals surface area (Å²) >= 11 is 0. The normalized spacial score (nSPS) is 11.5. The van der Waals surface area contributed by atoms with Gasteiger partial charge in [0.1, 0.15) is 0 Å². The number of carbonyl (C=O) groups is 2. The number of hydrogen-bond acceptors (Lipinski definition) is 6. The summed E-state index contributed by atoms with van der Waals surface area (Å²) in [6, 6.07) is 13.5. The molecule has 0 saturated heterocycles. The van der Waals surface area contributed by atoms with E-state index in [1.165, 1.54) is 20.3 Å². The van der Waals surface area contributed by atoms with Crippen molar-refractivity contribution in [2.45, 2.75) is 6.04 Å². The van der Waals surface area contributed by atoms with Gasteiger partial charge in [-0.05, 0) is 23.8 Å². The van der Waals surface area contributed by atoms with Gasteiger partial charge in [-0.2, -0.15) is 0 Å². The smallest absolute Gasteiger partial charge is 0.337 e. The maximum Gasteiger partial charge on any atom is 0.337 e. The van der Waals surface area contributed by atoms with Crippen molar-refractivity contribution in [1.29, 1.82) is 0 Å². The van der Waals surface area contributed by atoms with Crippen LogP contribution in [0.15, 0.2) is 48.5 Å². The number of benzene rings is 2. The Kier molecular flexibility index (Phi) is 5.92. The highest BCUT2D eigenvalue weighted by Crippen LogP contribution is 2.22. The molecule has 24 heavy (non-hydrogen) atoms. The second-order valence-electron chi connectivity index (χ2n) is 5.07. The van der Waals surface area contributed by atoms with Crippen molar-refractivity contribution in [2.24, 2.45) is 0 Å². The molecule has 6 heteroatoms. The summed E-state index contributed by atoms with van der Waals surface area (Å²) < 4.78 is 9.41. The van der Waals surface area contributed by atoms with Crippen molar-refractivity contribution in [3.8, 4) is 0 Å². The summed E-state index contributed by atoms with van der Waals surface area (Å²) in [5.41, 5.74) is 1.81. The summed E-state index contributed by atoms with van der Waals surface area (Å²) in [4.78, 5) is 23.6. The van der Waals surface area contributed by atoms with Gasteiger partial charge in [0.25, 0.3) is 0 Å². The number of aliphatic hydroxyl groups excluding tert-OH is 1. The Morgan fingerprint density at radius 3 is 2.00 bits per heavy atom. The first-order valence-corrected chi connectivity index (χ1v) is 7.33. The predicted octanol–water partition coefficient (Wildman–Crippen LogP) is 2.41. The van der Waals surface area contributed by atoms with Crippen LogP contribution in [0.25, 0.3) is 0 Å². The lowest BCUT2D eigenvalue weighted by molar-refractivity contribution is 0.0599. The van der Waals surface area contributed by atoms with Crippen LogP contribution in [0.3, 0.4) is 0 Å². The molecule has 0 spiro atoms. The molecule has 0 fully saturated rings. The van der Waals surface area contributed by atoms with E-state index in [9.17, 15) is 14.7 Å². The number of hydrogen-bond donors (Lipinski definition) is 2. The van der Waals surface area contributed by atoms with E-state index in [-0.39, 0.29) is 23.8 Å².